The van der Waals surface area contributed by atoms with Gasteiger partial charge in [-0.2, -0.15) is 0 Å². The van der Waals surface area contributed by atoms with Gasteiger partial charge in [-0.25, -0.2) is 4.98 Å². The van der Waals surface area contributed by atoms with E-state index in [1.807, 2.05) is 63.2 Å². The topological polar surface area (TPSA) is 67.0 Å². The number of carbonyl (C=O) groups is 1. The first kappa shape index (κ1) is 21.0. The molecule has 0 saturated carbocycles. The Kier molecular flexibility index (Phi) is 6.99. The number of thioether (sulfide) groups is 1. The molecule has 0 saturated heterocycles. The lowest BCUT2D eigenvalue weighted by molar-refractivity contribution is -0.120. The van der Waals surface area contributed by atoms with Crippen LogP contribution in [0.1, 0.15) is 42.4 Å². The van der Waals surface area contributed by atoms with Crippen LogP contribution in [0.25, 0.3) is 0 Å². The van der Waals surface area contributed by atoms with Crippen molar-refractivity contribution in [1.82, 2.24) is 15.3 Å². The van der Waals surface area contributed by atoms with Crippen molar-refractivity contribution in [2.24, 2.45) is 0 Å². The molecule has 0 bridgehead atoms. The van der Waals surface area contributed by atoms with Crippen LogP contribution in [-0.2, 0) is 11.2 Å². The number of aryl methyl sites for hydroxylation is 1. The fourth-order valence-electron chi connectivity index (χ4n) is 3.14. The Balaban J connectivity index is 1.61. The number of hydrogen-bond donors (Lipinski definition) is 2. The maximum atomic E-state index is 12.7. The molecule has 3 aromatic rings. The number of nitrogens with zero attached hydrogens (tertiary/aromatic N) is 1. The van der Waals surface area contributed by atoms with Gasteiger partial charge < -0.3 is 15.0 Å². The van der Waals surface area contributed by atoms with Gasteiger partial charge in [-0.1, -0.05) is 60.3 Å². The molecule has 0 fully saturated rings. The number of imidazole rings is 1. The van der Waals surface area contributed by atoms with Crippen molar-refractivity contribution in [3.05, 3.63) is 77.1 Å². The van der Waals surface area contributed by atoms with Gasteiger partial charge >= 0.3 is 0 Å². The van der Waals surface area contributed by atoms with E-state index in [0.717, 1.165) is 34.3 Å². The van der Waals surface area contributed by atoms with Crippen molar-refractivity contribution < 1.29 is 9.53 Å². The van der Waals surface area contributed by atoms with E-state index in [9.17, 15) is 4.79 Å². The highest BCUT2D eigenvalue weighted by Gasteiger charge is 2.21. The third kappa shape index (κ3) is 5.41. The summed E-state index contributed by atoms with van der Waals surface area (Å²) >= 11 is 1.43. The van der Waals surface area contributed by atoms with E-state index in [2.05, 4.69) is 22.4 Å². The van der Waals surface area contributed by atoms with Gasteiger partial charge in [0.1, 0.15) is 5.75 Å². The molecule has 29 heavy (non-hydrogen) atoms. The van der Waals surface area contributed by atoms with Crippen LogP contribution < -0.4 is 10.1 Å². The average molecular weight is 410 g/mol. The number of amides is 1. The SMILES string of the molecule is COc1ccccc1[C@@H](C)NC(=O)[C@@H](C)Sc1nc(Cc2ccccc2)c(C)[nH]1. The van der Waals surface area contributed by atoms with Gasteiger partial charge in [0.25, 0.3) is 0 Å². The van der Waals surface area contributed by atoms with Crippen molar-refractivity contribution in [2.45, 2.75) is 43.6 Å². The van der Waals surface area contributed by atoms with Crippen LogP contribution in [0.2, 0.25) is 0 Å². The zero-order chi connectivity index (χ0) is 20.8. The van der Waals surface area contributed by atoms with Gasteiger partial charge in [-0.3, -0.25) is 4.79 Å². The van der Waals surface area contributed by atoms with Gasteiger partial charge in [0, 0.05) is 17.7 Å². The summed E-state index contributed by atoms with van der Waals surface area (Å²) in [5, 5.41) is 3.56. The second kappa shape index (κ2) is 9.65. The monoisotopic (exact) mass is 409 g/mol. The third-order valence-corrected chi connectivity index (χ3v) is 5.78. The minimum atomic E-state index is -0.276. The molecule has 2 atom stereocenters. The lowest BCUT2D eigenvalue weighted by Crippen LogP contribution is -2.33. The fraction of sp³-hybridized carbons (Fsp3) is 0.304. The van der Waals surface area contributed by atoms with E-state index < -0.39 is 0 Å². The smallest absolute Gasteiger partial charge is 0.233 e. The van der Waals surface area contributed by atoms with E-state index in [4.69, 9.17) is 9.72 Å². The van der Waals surface area contributed by atoms with Gasteiger partial charge in [0.05, 0.1) is 24.1 Å². The summed E-state index contributed by atoms with van der Waals surface area (Å²) in [6.45, 7) is 5.87. The molecule has 1 aromatic heterocycles. The van der Waals surface area contributed by atoms with Crippen molar-refractivity contribution in [3.63, 3.8) is 0 Å². The highest BCUT2D eigenvalue weighted by Crippen LogP contribution is 2.26. The van der Waals surface area contributed by atoms with Crippen LogP contribution >= 0.6 is 11.8 Å². The molecule has 2 aromatic carbocycles. The van der Waals surface area contributed by atoms with Crippen LogP contribution in [0.3, 0.4) is 0 Å². The summed E-state index contributed by atoms with van der Waals surface area (Å²) in [6.07, 6.45) is 0.773. The van der Waals surface area contributed by atoms with Gasteiger partial charge in [-0.05, 0) is 32.4 Å². The number of rotatable bonds is 8. The standard InChI is InChI=1S/C23H27N3O2S/c1-15(19-12-8-9-13-21(19)28-4)24-22(27)17(3)29-23-25-16(2)20(26-23)14-18-10-6-5-7-11-18/h5-13,15,17H,14H2,1-4H3,(H,24,27)(H,25,26)/t15-,17-/m1/s1. The van der Waals surface area contributed by atoms with E-state index >= 15 is 0 Å². The zero-order valence-corrected chi connectivity index (χ0v) is 18.0. The summed E-state index contributed by atoms with van der Waals surface area (Å²) in [5.74, 6) is 0.736. The number of methoxy groups -OCH3 is 1. The Bertz CT molecular complexity index is 956. The number of nitrogens with one attached hydrogen (secondary N) is 2. The van der Waals surface area contributed by atoms with E-state index in [1.165, 1.54) is 17.3 Å². The first-order chi connectivity index (χ1) is 14.0. The molecule has 2 N–H and O–H groups in total. The lowest BCUT2D eigenvalue weighted by Gasteiger charge is -2.19. The highest BCUT2D eigenvalue weighted by molar-refractivity contribution is 8.00. The molecule has 0 aliphatic rings. The lowest BCUT2D eigenvalue weighted by atomic mass is 10.1. The predicted molar refractivity (Wildman–Crippen MR) is 117 cm³/mol. The number of carbonyl (C=O) groups excluding carboxylic acids is 1. The molecule has 0 aliphatic heterocycles. The largest absolute Gasteiger partial charge is 0.496 e. The minimum absolute atomic E-state index is 0.0351. The maximum Gasteiger partial charge on any atom is 0.233 e. The van der Waals surface area contributed by atoms with Crippen molar-refractivity contribution >= 4 is 17.7 Å². The number of para-hydroxylation sites is 1. The van der Waals surface area contributed by atoms with Gasteiger partial charge in [-0.15, -0.1) is 0 Å². The molecular formula is C23H27N3O2S. The van der Waals surface area contributed by atoms with Crippen molar-refractivity contribution in [3.8, 4) is 5.75 Å². The summed E-state index contributed by atoms with van der Waals surface area (Å²) < 4.78 is 5.40. The third-order valence-electron chi connectivity index (χ3n) is 4.80. The first-order valence-corrected chi connectivity index (χ1v) is 10.5. The number of benzene rings is 2. The summed E-state index contributed by atoms with van der Waals surface area (Å²) in [4.78, 5) is 20.7. The number of ether oxygens (including phenoxy) is 1. The molecule has 5 nitrogen and oxygen atoms in total. The van der Waals surface area contributed by atoms with Gasteiger partial charge in [0.2, 0.25) is 5.91 Å². The molecule has 6 heteroatoms. The van der Waals surface area contributed by atoms with Gasteiger partial charge in [0.15, 0.2) is 5.16 Å². The molecule has 1 heterocycles. The molecule has 0 aliphatic carbocycles. The average Bonchev–Trinajstić information content (AvgIpc) is 3.07. The van der Waals surface area contributed by atoms with Crippen LogP contribution in [0.4, 0.5) is 0 Å². The molecular weight excluding hydrogens is 382 g/mol. The minimum Gasteiger partial charge on any atom is -0.496 e. The number of aromatic nitrogens is 2. The molecule has 152 valence electrons. The molecule has 0 unspecified atom stereocenters. The molecule has 0 radical (unpaired) electrons. The van der Waals surface area contributed by atoms with E-state index in [0.29, 0.717) is 0 Å². The maximum absolute atomic E-state index is 12.7. The predicted octanol–water partition coefficient (Wildman–Crippen LogP) is 4.68. The van der Waals surface area contributed by atoms with Crippen LogP contribution in [0.5, 0.6) is 5.75 Å². The summed E-state index contributed by atoms with van der Waals surface area (Å²) in [6, 6.07) is 17.8. The second-order valence-electron chi connectivity index (χ2n) is 7.01. The van der Waals surface area contributed by atoms with E-state index in [1.54, 1.807) is 7.11 Å². The number of H-pyrrole nitrogens is 1. The Morgan fingerprint density at radius 2 is 1.83 bits per heavy atom. The van der Waals surface area contributed by atoms with Crippen LogP contribution in [0, 0.1) is 6.92 Å². The van der Waals surface area contributed by atoms with Crippen molar-refractivity contribution in [1.29, 1.82) is 0 Å². The second-order valence-corrected chi connectivity index (χ2v) is 8.34. The number of aromatic amines is 1. The first-order valence-electron chi connectivity index (χ1n) is 9.67. The quantitative estimate of drug-likeness (QED) is 0.530. The zero-order valence-electron chi connectivity index (χ0n) is 17.2. The van der Waals surface area contributed by atoms with Crippen LogP contribution in [0.15, 0.2) is 59.8 Å². The highest BCUT2D eigenvalue weighted by atomic mass is 32.2. The Hall–Kier alpha value is -2.73. The summed E-state index contributed by atoms with van der Waals surface area (Å²) in [7, 11) is 1.64. The van der Waals surface area contributed by atoms with Crippen molar-refractivity contribution in [2.75, 3.05) is 7.11 Å². The summed E-state index contributed by atoms with van der Waals surface area (Å²) in [5.41, 5.74) is 4.22. The Morgan fingerprint density at radius 3 is 2.55 bits per heavy atom. The van der Waals surface area contributed by atoms with E-state index in [-0.39, 0.29) is 17.2 Å². The Morgan fingerprint density at radius 1 is 1.14 bits per heavy atom. The molecule has 0 spiro atoms. The normalized spacial score (nSPS) is 13.0. The van der Waals surface area contributed by atoms with Crippen LogP contribution in [-0.4, -0.2) is 28.2 Å². The molecule has 1 amide bonds. The Labute approximate surface area is 176 Å². The fourth-order valence-corrected chi connectivity index (χ4v) is 4.02. The molecule has 3 rings (SSSR count). The number of hydrogen-bond acceptors (Lipinski definition) is 4.